The molecule has 1 aliphatic carbocycles. The molecule has 6 nitrogen and oxygen atoms in total. The molecule has 1 aromatic carbocycles. The minimum atomic E-state index is -0.101. The molecular formula is C19H27N3O3. The Morgan fingerprint density at radius 2 is 2.00 bits per heavy atom. The summed E-state index contributed by atoms with van der Waals surface area (Å²) in [5, 5.41) is 3.10. The maximum atomic E-state index is 12.4. The average Bonchev–Trinajstić information content (AvgIpc) is 3.47. The van der Waals surface area contributed by atoms with Gasteiger partial charge in [0.05, 0.1) is 7.11 Å². The largest absolute Gasteiger partial charge is 0.497 e. The van der Waals surface area contributed by atoms with Crippen LogP contribution in [-0.4, -0.2) is 54.5 Å². The Bertz CT molecular complexity index is 613. The van der Waals surface area contributed by atoms with Gasteiger partial charge in [0.15, 0.2) is 0 Å². The molecule has 0 aromatic heterocycles. The molecule has 1 saturated heterocycles. The normalized spacial score (nSPS) is 18.9. The zero-order valence-corrected chi connectivity index (χ0v) is 15.0. The van der Waals surface area contributed by atoms with Gasteiger partial charge in [0.25, 0.3) is 0 Å². The van der Waals surface area contributed by atoms with Crippen molar-refractivity contribution in [3.8, 4) is 5.75 Å². The Hall–Kier alpha value is -2.24. The lowest BCUT2D eigenvalue weighted by atomic mass is 10.1. The molecule has 1 aliphatic heterocycles. The van der Waals surface area contributed by atoms with E-state index in [0.717, 1.165) is 17.7 Å². The number of nitrogens with one attached hydrogen (secondary N) is 1. The van der Waals surface area contributed by atoms with E-state index in [9.17, 15) is 9.59 Å². The van der Waals surface area contributed by atoms with Crippen molar-refractivity contribution < 1.29 is 14.3 Å². The maximum absolute atomic E-state index is 12.4. The number of amides is 3. The Labute approximate surface area is 149 Å². The van der Waals surface area contributed by atoms with Crippen molar-refractivity contribution in [2.24, 2.45) is 5.92 Å². The van der Waals surface area contributed by atoms with Crippen LogP contribution in [0.3, 0.4) is 0 Å². The van der Waals surface area contributed by atoms with Crippen LogP contribution in [0.5, 0.6) is 5.75 Å². The van der Waals surface area contributed by atoms with Gasteiger partial charge >= 0.3 is 6.03 Å². The van der Waals surface area contributed by atoms with E-state index in [1.54, 1.807) is 12.0 Å². The monoisotopic (exact) mass is 345 g/mol. The third-order valence-electron chi connectivity index (χ3n) is 5.08. The van der Waals surface area contributed by atoms with Crippen LogP contribution in [0.25, 0.3) is 0 Å². The van der Waals surface area contributed by atoms with Crippen LogP contribution in [-0.2, 0) is 11.3 Å². The van der Waals surface area contributed by atoms with Crippen molar-refractivity contribution in [2.45, 2.75) is 38.8 Å². The summed E-state index contributed by atoms with van der Waals surface area (Å²) in [7, 11) is 1.63. The van der Waals surface area contributed by atoms with Crippen LogP contribution in [0.15, 0.2) is 24.3 Å². The van der Waals surface area contributed by atoms with Gasteiger partial charge in [-0.2, -0.15) is 0 Å². The zero-order valence-electron chi connectivity index (χ0n) is 15.0. The number of methoxy groups -OCH3 is 1. The molecule has 3 rings (SSSR count). The molecule has 1 N–H and O–H groups in total. The van der Waals surface area contributed by atoms with E-state index in [-0.39, 0.29) is 24.5 Å². The molecule has 1 atom stereocenters. The average molecular weight is 345 g/mol. The van der Waals surface area contributed by atoms with Crippen molar-refractivity contribution in [3.05, 3.63) is 29.8 Å². The van der Waals surface area contributed by atoms with Crippen LogP contribution in [0, 0.1) is 5.92 Å². The van der Waals surface area contributed by atoms with Gasteiger partial charge in [-0.3, -0.25) is 4.79 Å². The van der Waals surface area contributed by atoms with E-state index in [4.69, 9.17) is 4.74 Å². The molecule has 1 heterocycles. The first-order chi connectivity index (χ1) is 12.1. The molecule has 6 heteroatoms. The van der Waals surface area contributed by atoms with Crippen molar-refractivity contribution in [3.63, 3.8) is 0 Å². The molecule has 0 bridgehead atoms. The number of hydrogen-bond acceptors (Lipinski definition) is 3. The third-order valence-corrected chi connectivity index (χ3v) is 5.08. The summed E-state index contributed by atoms with van der Waals surface area (Å²) in [6.45, 7) is 3.97. The van der Waals surface area contributed by atoms with Crippen LogP contribution in [0.4, 0.5) is 4.79 Å². The number of carbonyl (C=O) groups is 2. The molecular weight excluding hydrogens is 318 g/mol. The lowest BCUT2D eigenvalue weighted by Gasteiger charge is -2.35. The lowest BCUT2D eigenvalue weighted by molar-refractivity contribution is -0.135. The van der Waals surface area contributed by atoms with Gasteiger partial charge in [-0.15, -0.1) is 0 Å². The highest BCUT2D eigenvalue weighted by molar-refractivity contribution is 5.85. The van der Waals surface area contributed by atoms with Crippen LogP contribution in [0.1, 0.15) is 31.7 Å². The second-order valence-corrected chi connectivity index (χ2v) is 6.89. The molecule has 2 fully saturated rings. The van der Waals surface area contributed by atoms with E-state index in [2.05, 4.69) is 12.2 Å². The molecule has 0 unspecified atom stereocenters. The predicted octanol–water partition coefficient (Wildman–Crippen LogP) is 2.24. The summed E-state index contributed by atoms with van der Waals surface area (Å²) in [4.78, 5) is 28.3. The Morgan fingerprint density at radius 1 is 1.28 bits per heavy atom. The minimum absolute atomic E-state index is 0.00307. The quantitative estimate of drug-likeness (QED) is 0.860. The number of ether oxygens (including phenoxy) is 1. The Kier molecular flexibility index (Phi) is 5.46. The third kappa shape index (κ3) is 4.44. The summed E-state index contributed by atoms with van der Waals surface area (Å²) in [5.74, 6) is 1.43. The molecule has 2 aliphatic rings. The highest BCUT2D eigenvalue weighted by atomic mass is 16.5. The van der Waals surface area contributed by atoms with E-state index in [0.29, 0.717) is 25.6 Å². The highest BCUT2D eigenvalue weighted by Gasteiger charge is 2.33. The number of piperazine rings is 1. The smallest absolute Gasteiger partial charge is 0.318 e. The SMILES string of the molecule is CC[C@H](NC(=O)N1CCN(Cc2ccc(OC)cc2)C(=O)C1)C1CC1. The fourth-order valence-electron chi connectivity index (χ4n) is 3.30. The fraction of sp³-hybridized carbons (Fsp3) is 0.579. The van der Waals surface area contributed by atoms with Crippen molar-refractivity contribution in [1.82, 2.24) is 15.1 Å². The second kappa shape index (κ2) is 7.76. The van der Waals surface area contributed by atoms with E-state index < -0.39 is 0 Å². The van der Waals surface area contributed by atoms with Gasteiger partial charge < -0.3 is 19.9 Å². The van der Waals surface area contributed by atoms with Crippen molar-refractivity contribution >= 4 is 11.9 Å². The fourth-order valence-corrected chi connectivity index (χ4v) is 3.30. The van der Waals surface area contributed by atoms with E-state index in [1.165, 1.54) is 12.8 Å². The predicted molar refractivity (Wildman–Crippen MR) is 95.3 cm³/mol. The summed E-state index contributed by atoms with van der Waals surface area (Å²) in [6, 6.07) is 7.87. The number of benzene rings is 1. The molecule has 25 heavy (non-hydrogen) atoms. The minimum Gasteiger partial charge on any atom is -0.497 e. The summed E-state index contributed by atoms with van der Waals surface area (Å²) < 4.78 is 5.15. The van der Waals surface area contributed by atoms with Gasteiger partial charge in [-0.05, 0) is 42.9 Å². The maximum Gasteiger partial charge on any atom is 0.318 e. The first-order valence-corrected chi connectivity index (χ1v) is 9.07. The van der Waals surface area contributed by atoms with Crippen LogP contribution >= 0.6 is 0 Å². The first-order valence-electron chi connectivity index (χ1n) is 9.07. The number of carbonyl (C=O) groups excluding carboxylic acids is 2. The summed E-state index contributed by atoms with van der Waals surface area (Å²) in [6.07, 6.45) is 3.35. The second-order valence-electron chi connectivity index (χ2n) is 6.89. The Balaban J connectivity index is 1.51. The van der Waals surface area contributed by atoms with Crippen molar-refractivity contribution in [1.29, 1.82) is 0 Å². The zero-order chi connectivity index (χ0) is 17.8. The first kappa shape index (κ1) is 17.6. The Morgan fingerprint density at radius 3 is 2.56 bits per heavy atom. The van der Waals surface area contributed by atoms with Gasteiger partial charge in [0.1, 0.15) is 12.3 Å². The molecule has 0 spiro atoms. The molecule has 1 aromatic rings. The molecule has 0 radical (unpaired) electrons. The number of hydrogen-bond donors (Lipinski definition) is 1. The summed E-state index contributed by atoms with van der Waals surface area (Å²) >= 11 is 0. The number of nitrogens with zero attached hydrogens (tertiary/aromatic N) is 2. The number of urea groups is 1. The van der Waals surface area contributed by atoms with E-state index in [1.807, 2.05) is 29.2 Å². The molecule has 1 saturated carbocycles. The summed E-state index contributed by atoms with van der Waals surface area (Å²) in [5.41, 5.74) is 1.06. The van der Waals surface area contributed by atoms with Gasteiger partial charge in [0.2, 0.25) is 5.91 Å². The molecule has 136 valence electrons. The van der Waals surface area contributed by atoms with E-state index >= 15 is 0 Å². The van der Waals surface area contributed by atoms with Gasteiger partial charge in [-0.25, -0.2) is 4.79 Å². The van der Waals surface area contributed by atoms with Gasteiger partial charge in [-0.1, -0.05) is 19.1 Å². The van der Waals surface area contributed by atoms with Crippen LogP contribution < -0.4 is 10.1 Å². The lowest BCUT2D eigenvalue weighted by Crippen LogP contribution is -2.55. The van der Waals surface area contributed by atoms with Crippen LogP contribution in [0.2, 0.25) is 0 Å². The molecule has 3 amide bonds. The topological polar surface area (TPSA) is 61.9 Å². The number of rotatable bonds is 6. The van der Waals surface area contributed by atoms with Gasteiger partial charge in [0, 0.05) is 25.7 Å². The van der Waals surface area contributed by atoms with Crippen molar-refractivity contribution in [2.75, 3.05) is 26.7 Å². The standard InChI is InChI=1S/C19H27N3O3/c1-3-17(15-6-7-15)20-19(24)22-11-10-21(18(23)13-22)12-14-4-8-16(25-2)9-5-14/h4-5,8-9,15,17H,3,6-7,10-13H2,1-2H3,(H,20,24)/t17-/m0/s1. The highest BCUT2D eigenvalue weighted by Crippen LogP contribution is 2.34.